The topological polar surface area (TPSA) is 27.0 Å². The molecule has 0 aliphatic heterocycles. The highest BCUT2D eigenvalue weighted by Crippen LogP contribution is 2.37. The van der Waals surface area contributed by atoms with Crippen molar-refractivity contribution in [2.45, 2.75) is 31.6 Å². The number of benzene rings is 2. The zero-order chi connectivity index (χ0) is 22.9. The fourth-order valence-electron chi connectivity index (χ4n) is 2.54. The maximum atomic E-state index is 13.0. The number of hydrogen-bond acceptors (Lipinski definition) is 2. The van der Waals surface area contributed by atoms with Gasteiger partial charge in [-0.25, -0.2) is 0 Å². The summed E-state index contributed by atoms with van der Waals surface area (Å²) in [4.78, 5) is 0.746. The lowest BCUT2D eigenvalue weighted by molar-refractivity contribution is -0.143. The summed E-state index contributed by atoms with van der Waals surface area (Å²) >= 11 is 3.01. The third kappa shape index (κ3) is 6.04. The van der Waals surface area contributed by atoms with Gasteiger partial charge in [0.05, 0.1) is 29.8 Å². The quantitative estimate of drug-likeness (QED) is 0.255. The molecule has 30 heavy (non-hydrogen) atoms. The molecule has 0 radical (unpaired) electrons. The van der Waals surface area contributed by atoms with E-state index in [1.165, 1.54) is 0 Å². The van der Waals surface area contributed by atoms with Gasteiger partial charge in [0.15, 0.2) is 6.19 Å². The van der Waals surface area contributed by atoms with Crippen molar-refractivity contribution in [3.05, 3.63) is 68.7 Å². The van der Waals surface area contributed by atoms with Crippen LogP contribution in [-0.2, 0) is 31.6 Å². The van der Waals surface area contributed by atoms with Crippen molar-refractivity contribution in [2.24, 2.45) is 0 Å². The highest BCUT2D eigenvalue weighted by atomic mass is 79.9. The van der Waals surface area contributed by atoms with Crippen LogP contribution >= 0.6 is 15.9 Å². The molecular formula is C18H10BrF9N2. The molecule has 12 heteroatoms. The Morgan fingerprint density at radius 1 is 0.733 bits per heavy atom. The Hall–Kier alpha value is -2.42. The van der Waals surface area contributed by atoms with Crippen molar-refractivity contribution in [3.8, 4) is 6.19 Å². The number of hydrogen-bond donors (Lipinski definition) is 0. The summed E-state index contributed by atoms with van der Waals surface area (Å²) in [7, 11) is 0. The summed E-state index contributed by atoms with van der Waals surface area (Å²) < 4.78 is 117. The zero-order valence-corrected chi connectivity index (χ0v) is 16.1. The van der Waals surface area contributed by atoms with Crippen LogP contribution in [0.5, 0.6) is 0 Å². The van der Waals surface area contributed by atoms with Gasteiger partial charge in [-0.1, -0.05) is 15.9 Å². The second kappa shape index (κ2) is 8.37. The summed E-state index contributed by atoms with van der Waals surface area (Å²) in [6.45, 7) is -1.15. The van der Waals surface area contributed by atoms with Gasteiger partial charge in [0.2, 0.25) is 0 Å². The van der Waals surface area contributed by atoms with Crippen LogP contribution in [0, 0.1) is 11.5 Å². The van der Waals surface area contributed by atoms with Crippen LogP contribution in [-0.4, -0.2) is 4.90 Å². The molecule has 2 aromatic rings. The number of halogens is 10. The van der Waals surface area contributed by atoms with E-state index in [-0.39, 0.29) is 16.1 Å². The normalized spacial score (nSPS) is 12.6. The SMILES string of the molecule is N#CN(Cc1cc(C(F)(F)F)cc(C(F)(F)F)c1)Cc1cc(C(F)(F)F)ccc1Br. The fraction of sp³-hybridized carbons (Fsp3) is 0.278. The van der Waals surface area contributed by atoms with E-state index < -0.39 is 53.9 Å². The number of nitriles is 1. The summed E-state index contributed by atoms with van der Waals surface area (Å²) in [6.07, 6.45) is -13.2. The highest BCUT2D eigenvalue weighted by Gasteiger charge is 2.37. The molecule has 0 saturated carbocycles. The standard InChI is InChI=1S/C18H10BrF9N2/c19-15-2-1-12(16(20,21)22)5-11(15)8-30(9-29)7-10-3-13(17(23,24)25)6-14(4-10)18(26,27)28/h1-6H,7-8H2. The minimum absolute atomic E-state index is 0.0191. The molecule has 0 N–H and O–H groups in total. The van der Waals surface area contributed by atoms with Crippen molar-refractivity contribution >= 4 is 15.9 Å². The Morgan fingerprint density at radius 3 is 1.67 bits per heavy atom. The van der Waals surface area contributed by atoms with E-state index in [1.54, 1.807) is 6.19 Å². The van der Waals surface area contributed by atoms with E-state index in [2.05, 4.69) is 15.9 Å². The second-order valence-corrected chi connectivity index (χ2v) is 7.03. The molecule has 0 amide bonds. The number of nitrogens with zero attached hydrogens (tertiary/aromatic N) is 2. The van der Waals surface area contributed by atoms with Gasteiger partial charge in [0.25, 0.3) is 0 Å². The lowest BCUT2D eigenvalue weighted by Gasteiger charge is -2.20. The van der Waals surface area contributed by atoms with E-state index in [1.807, 2.05) is 0 Å². The van der Waals surface area contributed by atoms with Crippen LogP contribution in [0.15, 0.2) is 40.9 Å². The van der Waals surface area contributed by atoms with Gasteiger partial charge in [-0.2, -0.15) is 44.8 Å². The van der Waals surface area contributed by atoms with Crippen LogP contribution in [0.1, 0.15) is 27.8 Å². The van der Waals surface area contributed by atoms with Gasteiger partial charge in [0.1, 0.15) is 0 Å². The molecular weight excluding hydrogens is 495 g/mol. The van der Waals surface area contributed by atoms with Crippen molar-refractivity contribution in [1.82, 2.24) is 4.90 Å². The first-order valence-corrected chi connectivity index (χ1v) is 8.69. The largest absolute Gasteiger partial charge is 0.416 e. The van der Waals surface area contributed by atoms with Crippen molar-refractivity contribution in [3.63, 3.8) is 0 Å². The van der Waals surface area contributed by atoms with E-state index in [9.17, 15) is 44.8 Å². The lowest BCUT2D eigenvalue weighted by atomic mass is 10.0. The van der Waals surface area contributed by atoms with E-state index in [4.69, 9.17) is 0 Å². The Bertz CT molecular complexity index is 924. The molecule has 0 aromatic heterocycles. The van der Waals surface area contributed by atoms with Gasteiger partial charge < -0.3 is 4.90 Å². The van der Waals surface area contributed by atoms with E-state index >= 15 is 0 Å². The molecule has 162 valence electrons. The molecule has 0 spiro atoms. The number of rotatable bonds is 4. The molecule has 0 atom stereocenters. The van der Waals surface area contributed by atoms with Crippen LogP contribution in [0.2, 0.25) is 0 Å². The zero-order valence-electron chi connectivity index (χ0n) is 14.6. The predicted octanol–water partition coefficient (Wildman–Crippen LogP) is 6.99. The molecule has 0 aliphatic rings. The van der Waals surface area contributed by atoms with Crippen molar-refractivity contribution in [1.29, 1.82) is 5.26 Å². The third-order valence-corrected chi connectivity index (χ3v) is 4.67. The van der Waals surface area contributed by atoms with Gasteiger partial charge >= 0.3 is 18.5 Å². The predicted molar refractivity (Wildman–Crippen MR) is 90.5 cm³/mol. The monoisotopic (exact) mass is 504 g/mol. The first kappa shape index (κ1) is 23.9. The average Bonchev–Trinajstić information content (AvgIpc) is 2.60. The first-order valence-electron chi connectivity index (χ1n) is 7.90. The molecule has 0 aliphatic carbocycles. The van der Waals surface area contributed by atoms with Gasteiger partial charge in [0, 0.05) is 4.47 Å². The third-order valence-electron chi connectivity index (χ3n) is 3.90. The molecule has 0 bridgehead atoms. The van der Waals surface area contributed by atoms with E-state index in [0.29, 0.717) is 12.1 Å². The molecule has 0 heterocycles. The molecule has 0 unspecified atom stereocenters. The van der Waals surface area contributed by atoms with Gasteiger partial charge in [-0.3, -0.25) is 0 Å². The molecule has 0 fully saturated rings. The highest BCUT2D eigenvalue weighted by molar-refractivity contribution is 9.10. The van der Waals surface area contributed by atoms with Gasteiger partial charge in [-0.05, 0) is 47.5 Å². The molecule has 2 aromatic carbocycles. The Labute approximate surface area is 172 Å². The van der Waals surface area contributed by atoms with Crippen LogP contribution in [0.4, 0.5) is 39.5 Å². The minimum atomic E-state index is -5.06. The van der Waals surface area contributed by atoms with Crippen LogP contribution < -0.4 is 0 Å². The molecule has 2 rings (SSSR count). The summed E-state index contributed by atoms with van der Waals surface area (Å²) in [6, 6.07) is 3.47. The maximum Gasteiger partial charge on any atom is 0.416 e. The number of alkyl halides is 9. The summed E-state index contributed by atoms with van der Waals surface area (Å²) in [5.41, 5.74) is -4.61. The first-order chi connectivity index (χ1) is 13.6. The maximum absolute atomic E-state index is 13.0. The Morgan fingerprint density at radius 2 is 1.23 bits per heavy atom. The lowest BCUT2D eigenvalue weighted by Crippen LogP contribution is -2.19. The average molecular weight is 505 g/mol. The van der Waals surface area contributed by atoms with Crippen molar-refractivity contribution in [2.75, 3.05) is 0 Å². The molecule has 2 nitrogen and oxygen atoms in total. The van der Waals surface area contributed by atoms with Crippen LogP contribution in [0.3, 0.4) is 0 Å². The minimum Gasteiger partial charge on any atom is -0.302 e. The molecule has 0 saturated heterocycles. The fourth-order valence-corrected chi connectivity index (χ4v) is 2.91. The summed E-state index contributed by atoms with van der Waals surface area (Å²) in [5, 5.41) is 9.22. The van der Waals surface area contributed by atoms with Gasteiger partial charge in [-0.15, -0.1) is 0 Å². The van der Waals surface area contributed by atoms with Crippen molar-refractivity contribution < 1.29 is 39.5 Å². The smallest absolute Gasteiger partial charge is 0.302 e. The Balaban J connectivity index is 2.38. The summed E-state index contributed by atoms with van der Waals surface area (Å²) in [5.74, 6) is 0. The Kier molecular flexibility index (Phi) is 6.66. The van der Waals surface area contributed by atoms with Crippen LogP contribution in [0.25, 0.3) is 0 Å². The van der Waals surface area contributed by atoms with E-state index in [0.717, 1.165) is 23.1 Å². The second-order valence-electron chi connectivity index (χ2n) is 6.17.